The maximum absolute atomic E-state index is 13.5. The van der Waals surface area contributed by atoms with Crippen molar-refractivity contribution in [1.29, 1.82) is 0 Å². The summed E-state index contributed by atoms with van der Waals surface area (Å²) in [5, 5.41) is 16.1. The van der Waals surface area contributed by atoms with E-state index in [1.54, 1.807) is 26.2 Å². The lowest BCUT2D eigenvalue weighted by atomic mass is 10.0. The predicted octanol–water partition coefficient (Wildman–Crippen LogP) is 1.58. The smallest absolute Gasteiger partial charge is 0.243 e. The molecule has 0 unspecified atom stereocenters. The molecule has 4 N–H and O–H groups in total. The molecule has 240 valence electrons. The first-order chi connectivity index (χ1) is 21.6. The van der Waals surface area contributed by atoms with E-state index in [9.17, 15) is 19.2 Å². The fourth-order valence-electron chi connectivity index (χ4n) is 5.12. The molecule has 0 radical (unpaired) electrons. The SMILES string of the molecule is CC(C)C[C@H]1NC(=O)[C@@H](C)NC(=O)CN(Cc2cccnc2)CCCNC(=O)Cn2nc(-c3ccccc3)nc2[C@H](C)NC1=O. The quantitative estimate of drug-likeness (QED) is 0.335. The van der Waals surface area contributed by atoms with Crippen molar-refractivity contribution in [2.75, 3.05) is 19.6 Å². The Bertz CT molecular complexity index is 1450. The number of aromatic nitrogens is 4. The summed E-state index contributed by atoms with van der Waals surface area (Å²) in [6.07, 6.45) is 4.39. The van der Waals surface area contributed by atoms with Crippen LogP contribution in [0.4, 0.5) is 0 Å². The minimum atomic E-state index is -0.865. The largest absolute Gasteiger partial charge is 0.354 e. The molecule has 3 heterocycles. The van der Waals surface area contributed by atoms with Gasteiger partial charge in [0.05, 0.1) is 12.6 Å². The summed E-state index contributed by atoms with van der Waals surface area (Å²) in [5.41, 5.74) is 1.71. The Morgan fingerprint density at radius 3 is 2.38 bits per heavy atom. The molecule has 3 aromatic rings. The first kappa shape index (κ1) is 33.2. The second kappa shape index (κ2) is 15.9. The van der Waals surface area contributed by atoms with E-state index in [1.807, 2.05) is 61.2 Å². The number of carbonyl (C=O) groups excluding carboxylic acids is 4. The van der Waals surface area contributed by atoms with E-state index < -0.39 is 29.9 Å². The fraction of sp³-hybridized carbons (Fsp3) is 0.469. The van der Waals surface area contributed by atoms with E-state index >= 15 is 0 Å². The highest BCUT2D eigenvalue weighted by Gasteiger charge is 2.28. The summed E-state index contributed by atoms with van der Waals surface area (Å²) in [6, 6.07) is 10.8. The molecule has 0 fully saturated rings. The van der Waals surface area contributed by atoms with Gasteiger partial charge in [-0.25, -0.2) is 9.67 Å². The lowest BCUT2D eigenvalue weighted by molar-refractivity contribution is -0.132. The third kappa shape index (κ3) is 9.93. The number of nitrogens with zero attached hydrogens (tertiary/aromatic N) is 5. The van der Waals surface area contributed by atoms with Crippen molar-refractivity contribution in [3.05, 3.63) is 66.2 Å². The molecule has 0 spiro atoms. The Morgan fingerprint density at radius 1 is 0.889 bits per heavy atom. The van der Waals surface area contributed by atoms with Gasteiger partial charge in [0.2, 0.25) is 23.6 Å². The van der Waals surface area contributed by atoms with Crippen LogP contribution in [0.25, 0.3) is 11.4 Å². The Hall–Kier alpha value is -4.65. The molecule has 3 atom stereocenters. The summed E-state index contributed by atoms with van der Waals surface area (Å²) in [6.45, 7) is 8.58. The zero-order chi connectivity index (χ0) is 32.3. The highest BCUT2D eigenvalue weighted by Crippen LogP contribution is 2.19. The summed E-state index contributed by atoms with van der Waals surface area (Å²) < 4.78 is 1.51. The van der Waals surface area contributed by atoms with Crippen LogP contribution >= 0.6 is 0 Å². The number of rotatable bonds is 5. The summed E-state index contributed by atoms with van der Waals surface area (Å²) in [4.78, 5) is 63.6. The Balaban J connectivity index is 1.60. The number of benzene rings is 1. The van der Waals surface area contributed by atoms with Crippen LogP contribution < -0.4 is 21.3 Å². The summed E-state index contributed by atoms with van der Waals surface area (Å²) in [7, 11) is 0. The van der Waals surface area contributed by atoms with Gasteiger partial charge in [-0.05, 0) is 44.2 Å². The standard InChI is InChI=1S/C32H43N9O4/c1-21(2)16-26-32(45)36-22(3)30-38-29(25-11-6-5-7-12-25)39-41(30)20-27(42)34-14-9-15-40(18-24-10-8-13-33-17-24)19-28(43)35-23(4)31(44)37-26/h5-8,10-13,17,21-23,26H,9,14-16,18-20H2,1-4H3,(H,34,42)(H,35,43)(H,36,45)(H,37,44)/t22-,23+,26+/m0/s1. The van der Waals surface area contributed by atoms with Crippen molar-refractivity contribution < 1.29 is 19.2 Å². The van der Waals surface area contributed by atoms with Crippen LogP contribution in [0.2, 0.25) is 0 Å². The Kier molecular flexibility index (Phi) is 11.7. The summed E-state index contributed by atoms with van der Waals surface area (Å²) >= 11 is 0. The van der Waals surface area contributed by atoms with Gasteiger partial charge in [0.1, 0.15) is 24.5 Å². The molecule has 4 rings (SSSR count). The number of pyridine rings is 1. The topological polar surface area (TPSA) is 163 Å². The minimum Gasteiger partial charge on any atom is -0.354 e. The normalized spacial score (nSPS) is 21.4. The van der Waals surface area contributed by atoms with Gasteiger partial charge in [0.15, 0.2) is 5.82 Å². The molecule has 1 aromatic carbocycles. The zero-order valence-corrected chi connectivity index (χ0v) is 26.3. The van der Waals surface area contributed by atoms with Crippen LogP contribution in [0.1, 0.15) is 58.0 Å². The number of hydrogen-bond donors (Lipinski definition) is 4. The Labute approximate surface area is 263 Å². The van der Waals surface area contributed by atoms with Gasteiger partial charge in [-0.2, -0.15) is 5.10 Å². The molecule has 4 amide bonds. The van der Waals surface area contributed by atoms with Crippen LogP contribution in [0.3, 0.4) is 0 Å². The van der Waals surface area contributed by atoms with Crippen molar-refractivity contribution in [2.24, 2.45) is 5.92 Å². The average molecular weight is 618 g/mol. The molecule has 45 heavy (non-hydrogen) atoms. The molecule has 0 aliphatic carbocycles. The lowest BCUT2D eigenvalue weighted by Crippen LogP contribution is -2.54. The van der Waals surface area contributed by atoms with Gasteiger partial charge in [0.25, 0.3) is 0 Å². The molecule has 0 saturated carbocycles. The van der Waals surface area contributed by atoms with E-state index in [-0.39, 0.29) is 30.8 Å². The van der Waals surface area contributed by atoms with E-state index in [0.29, 0.717) is 44.1 Å². The highest BCUT2D eigenvalue weighted by atomic mass is 16.2. The second-order valence-electron chi connectivity index (χ2n) is 11.8. The highest BCUT2D eigenvalue weighted by molar-refractivity contribution is 5.92. The van der Waals surface area contributed by atoms with Crippen molar-refractivity contribution in [1.82, 2.24) is 45.9 Å². The maximum atomic E-state index is 13.5. The number of carbonyl (C=O) groups is 4. The first-order valence-electron chi connectivity index (χ1n) is 15.4. The molecule has 0 bridgehead atoms. The van der Waals surface area contributed by atoms with E-state index in [2.05, 4.69) is 31.3 Å². The van der Waals surface area contributed by atoms with Gasteiger partial charge in [-0.3, -0.25) is 29.1 Å². The van der Waals surface area contributed by atoms with E-state index in [0.717, 1.165) is 11.1 Å². The van der Waals surface area contributed by atoms with Gasteiger partial charge >= 0.3 is 0 Å². The van der Waals surface area contributed by atoms with Crippen molar-refractivity contribution in [2.45, 2.75) is 71.8 Å². The summed E-state index contributed by atoms with van der Waals surface area (Å²) in [5.74, 6) is -0.500. The van der Waals surface area contributed by atoms with E-state index in [1.165, 1.54) is 4.68 Å². The molecule has 2 aromatic heterocycles. The third-order valence-corrected chi connectivity index (χ3v) is 7.35. The number of amides is 4. The van der Waals surface area contributed by atoms with E-state index in [4.69, 9.17) is 4.98 Å². The van der Waals surface area contributed by atoms with Crippen LogP contribution in [0, 0.1) is 5.92 Å². The van der Waals surface area contributed by atoms with Crippen molar-refractivity contribution >= 4 is 23.6 Å². The van der Waals surface area contributed by atoms with Crippen molar-refractivity contribution in [3.8, 4) is 11.4 Å². The molecule has 0 saturated heterocycles. The van der Waals surface area contributed by atoms with Gasteiger partial charge in [0, 0.05) is 37.6 Å². The first-order valence-corrected chi connectivity index (χ1v) is 15.4. The van der Waals surface area contributed by atoms with Gasteiger partial charge in [-0.1, -0.05) is 50.2 Å². The number of fused-ring (bicyclic) bond motifs is 1. The molecule has 13 heteroatoms. The third-order valence-electron chi connectivity index (χ3n) is 7.35. The Morgan fingerprint density at radius 2 is 1.67 bits per heavy atom. The second-order valence-corrected chi connectivity index (χ2v) is 11.8. The average Bonchev–Trinajstić information content (AvgIpc) is 3.42. The minimum absolute atomic E-state index is 0.0401. The maximum Gasteiger partial charge on any atom is 0.243 e. The van der Waals surface area contributed by atoms with Crippen LogP contribution in [0.15, 0.2) is 54.9 Å². The number of hydrogen-bond acceptors (Lipinski definition) is 8. The molecular formula is C32H43N9O4. The monoisotopic (exact) mass is 617 g/mol. The fourth-order valence-corrected chi connectivity index (χ4v) is 5.12. The number of nitrogens with one attached hydrogen (secondary N) is 4. The molecular weight excluding hydrogens is 574 g/mol. The van der Waals surface area contributed by atoms with Crippen LogP contribution in [0.5, 0.6) is 0 Å². The molecule has 1 aliphatic heterocycles. The molecule has 13 nitrogen and oxygen atoms in total. The van der Waals surface area contributed by atoms with Crippen molar-refractivity contribution in [3.63, 3.8) is 0 Å². The molecule has 1 aliphatic rings. The zero-order valence-electron chi connectivity index (χ0n) is 26.3. The predicted molar refractivity (Wildman–Crippen MR) is 168 cm³/mol. The van der Waals surface area contributed by atoms with Gasteiger partial charge < -0.3 is 21.3 Å². The van der Waals surface area contributed by atoms with Gasteiger partial charge in [-0.15, -0.1) is 0 Å². The lowest BCUT2D eigenvalue weighted by Gasteiger charge is -2.25. The van der Waals surface area contributed by atoms with Crippen LogP contribution in [-0.2, 0) is 32.3 Å². The van der Waals surface area contributed by atoms with Crippen LogP contribution in [-0.4, -0.2) is 80.0 Å².